The summed E-state index contributed by atoms with van der Waals surface area (Å²) in [7, 11) is 0. The lowest BCUT2D eigenvalue weighted by Crippen LogP contribution is -2.23. The second-order valence-electron chi connectivity index (χ2n) is 6.88. The highest BCUT2D eigenvalue weighted by molar-refractivity contribution is 6.17. The van der Waals surface area contributed by atoms with Crippen LogP contribution < -0.4 is 9.47 Å². The summed E-state index contributed by atoms with van der Waals surface area (Å²) < 4.78 is 28.4. The normalized spacial score (nSPS) is 11.7. The maximum absolute atomic E-state index is 12.7. The fourth-order valence-corrected chi connectivity index (χ4v) is 2.84. The minimum Gasteiger partial charge on any atom is -0.494 e. The minimum absolute atomic E-state index is 0.0246. The van der Waals surface area contributed by atoms with Crippen LogP contribution in [-0.2, 0) is 14.9 Å². The van der Waals surface area contributed by atoms with Crippen molar-refractivity contribution in [3.63, 3.8) is 0 Å². The van der Waals surface area contributed by atoms with Crippen LogP contribution in [0.25, 0.3) is 0 Å². The molecule has 2 aromatic rings. The Hall–Kier alpha value is -2.27. The molecule has 1 atom stereocenters. The van der Waals surface area contributed by atoms with E-state index in [1.807, 2.05) is 50.2 Å². The molecule has 30 heavy (non-hydrogen) atoms. The van der Waals surface area contributed by atoms with E-state index in [2.05, 4.69) is 30.7 Å². The molecule has 0 N–H and O–H groups in total. The zero-order valence-electron chi connectivity index (χ0n) is 18.2. The number of alkyl halides is 2. The van der Waals surface area contributed by atoms with E-state index in [-0.39, 0.29) is 18.5 Å². The van der Waals surface area contributed by atoms with Crippen LogP contribution in [0.2, 0.25) is 0 Å². The van der Waals surface area contributed by atoms with E-state index in [1.54, 1.807) is 0 Å². The van der Waals surface area contributed by atoms with Crippen molar-refractivity contribution in [1.29, 1.82) is 0 Å². The molecule has 2 aromatic carbocycles. The Morgan fingerprint density at radius 2 is 1.47 bits per heavy atom. The molecule has 0 saturated heterocycles. The van der Waals surface area contributed by atoms with Crippen molar-refractivity contribution in [2.75, 3.05) is 25.8 Å². The quantitative estimate of drug-likeness (QED) is 0.234. The molecule has 0 bridgehead atoms. The van der Waals surface area contributed by atoms with E-state index in [4.69, 9.17) is 21.1 Å². The molecule has 0 aliphatic rings. The number of rotatable bonds is 12. The summed E-state index contributed by atoms with van der Waals surface area (Å²) in [5, 5.41) is 0. The monoisotopic (exact) mass is 438 g/mol. The number of hydrogen-bond donors (Lipinski definition) is 0. The molecule has 0 aliphatic carbocycles. The van der Waals surface area contributed by atoms with E-state index in [0.29, 0.717) is 18.2 Å². The van der Waals surface area contributed by atoms with Crippen LogP contribution in [0.4, 0.5) is 4.39 Å². The average Bonchev–Trinajstić information content (AvgIpc) is 2.79. The Morgan fingerprint density at radius 3 is 1.90 bits per heavy atom. The van der Waals surface area contributed by atoms with Gasteiger partial charge in [0.05, 0.1) is 6.61 Å². The van der Waals surface area contributed by atoms with Crippen LogP contribution in [0.3, 0.4) is 0 Å². The predicted octanol–water partition coefficient (Wildman–Crippen LogP) is 5.94. The molecular weight excluding hydrogens is 407 g/mol. The molecule has 0 radical (unpaired) electrons. The van der Waals surface area contributed by atoms with Crippen LogP contribution in [0, 0.1) is 0 Å². The lowest BCUT2D eigenvalue weighted by atomic mass is 9.78. The zero-order chi connectivity index (χ0) is 22.4. The van der Waals surface area contributed by atoms with Crippen molar-refractivity contribution in [1.82, 2.24) is 0 Å². The summed E-state index contributed by atoms with van der Waals surface area (Å²) in [5.41, 5.74) is 2.06. The lowest BCUT2D eigenvalue weighted by molar-refractivity contribution is -0.135. The number of carbonyl (C=O) groups excluding carboxylic acids is 1. The second-order valence-corrected chi connectivity index (χ2v) is 7.26. The largest absolute Gasteiger partial charge is 0.494 e. The molecule has 0 amide bonds. The van der Waals surface area contributed by atoms with Crippen molar-refractivity contribution in [2.45, 2.75) is 45.6 Å². The summed E-state index contributed by atoms with van der Waals surface area (Å²) in [6.07, 6.45) is -0.0740. The fourth-order valence-electron chi connectivity index (χ4n) is 2.73. The topological polar surface area (TPSA) is 44.8 Å². The molecule has 1 unspecified atom stereocenters. The SMILES string of the molecule is CC.CC(C)(c1ccc(OCCCCl)cc1)c1ccc(OCC(CF)OC=O)cc1. The zero-order valence-corrected chi connectivity index (χ0v) is 19.0. The molecule has 4 nitrogen and oxygen atoms in total. The van der Waals surface area contributed by atoms with Gasteiger partial charge in [-0.2, -0.15) is 0 Å². The molecule has 0 spiro atoms. The number of hydrogen-bond acceptors (Lipinski definition) is 4. The van der Waals surface area contributed by atoms with Gasteiger partial charge >= 0.3 is 0 Å². The highest BCUT2D eigenvalue weighted by Crippen LogP contribution is 2.33. The maximum Gasteiger partial charge on any atom is 0.293 e. The van der Waals surface area contributed by atoms with Crippen molar-refractivity contribution in [3.8, 4) is 11.5 Å². The lowest BCUT2D eigenvalue weighted by Gasteiger charge is -2.26. The van der Waals surface area contributed by atoms with Gasteiger partial charge in [-0.1, -0.05) is 52.0 Å². The highest BCUT2D eigenvalue weighted by atomic mass is 35.5. The van der Waals surface area contributed by atoms with Gasteiger partial charge in [0, 0.05) is 11.3 Å². The van der Waals surface area contributed by atoms with E-state index in [1.165, 1.54) is 0 Å². The molecule has 2 rings (SSSR count). The van der Waals surface area contributed by atoms with Gasteiger partial charge in [0.2, 0.25) is 0 Å². The third kappa shape index (κ3) is 7.86. The van der Waals surface area contributed by atoms with Crippen LogP contribution in [0.15, 0.2) is 48.5 Å². The van der Waals surface area contributed by atoms with Crippen molar-refractivity contribution >= 4 is 18.1 Å². The van der Waals surface area contributed by atoms with Gasteiger partial charge in [0.25, 0.3) is 6.47 Å². The first-order valence-electron chi connectivity index (χ1n) is 10.2. The Morgan fingerprint density at radius 1 is 0.967 bits per heavy atom. The molecule has 6 heteroatoms. The Kier molecular flexibility index (Phi) is 11.9. The number of halogens is 2. The summed E-state index contributed by atoms with van der Waals surface area (Å²) in [6.45, 7) is 8.31. The van der Waals surface area contributed by atoms with Crippen molar-refractivity contribution < 1.29 is 23.4 Å². The molecule has 0 saturated carbocycles. The number of ether oxygens (including phenoxy) is 3. The highest BCUT2D eigenvalue weighted by Gasteiger charge is 2.23. The Bertz CT molecular complexity index is 717. The summed E-state index contributed by atoms with van der Waals surface area (Å²) in [4.78, 5) is 10.3. The third-order valence-electron chi connectivity index (χ3n) is 4.55. The van der Waals surface area contributed by atoms with Crippen molar-refractivity contribution in [3.05, 3.63) is 59.7 Å². The first-order chi connectivity index (χ1) is 14.5. The first-order valence-corrected chi connectivity index (χ1v) is 10.7. The smallest absolute Gasteiger partial charge is 0.293 e. The van der Waals surface area contributed by atoms with Gasteiger partial charge in [-0.05, 0) is 41.8 Å². The van der Waals surface area contributed by atoms with Gasteiger partial charge < -0.3 is 14.2 Å². The molecule has 0 aromatic heterocycles. The van der Waals surface area contributed by atoms with Gasteiger partial charge in [-0.25, -0.2) is 4.39 Å². The van der Waals surface area contributed by atoms with E-state index in [0.717, 1.165) is 23.3 Å². The van der Waals surface area contributed by atoms with E-state index >= 15 is 0 Å². The predicted molar refractivity (Wildman–Crippen MR) is 120 cm³/mol. The molecule has 0 fully saturated rings. The standard InChI is InChI=1S/C22H26ClFO4.C2H6/c1-22(2,17-4-8-19(9-5-17)26-13-3-12-23)18-6-10-20(11-7-18)27-15-21(14-24)28-16-25;1-2/h4-11,16,21H,3,12-15H2,1-2H3;1-2H3. The Labute approximate surface area is 184 Å². The van der Waals surface area contributed by atoms with E-state index in [9.17, 15) is 9.18 Å². The summed E-state index contributed by atoms with van der Waals surface area (Å²) >= 11 is 5.66. The third-order valence-corrected chi connectivity index (χ3v) is 4.82. The molecule has 0 aliphatic heterocycles. The van der Waals surface area contributed by atoms with Crippen LogP contribution in [0.1, 0.15) is 45.2 Å². The molecule has 166 valence electrons. The van der Waals surface area contributed by atoms with Crippen LogP contribution in [0.5, 0.6) is 11.5 Å². The van der Waals surface area contributed by atoms with Gasteiger partial charge in [-0.3, -0.25) is 4.79 Å². The van der Waals surface area contributed by atoms with Gasteiger partial charge in [0.1, 0.15) is 24.8 Å². The van der Waals surface area contributed by atoms with Gasteiger partial charge in [-0.15, -0.1) is 11.6 Å². The number of carbonyl (C=O) groups is 1. The fraction of sp³-hybridized carbons (Fsp3) is 0.458. The minimum atomic E-state index is -0.890. The Balaban J connectivity index is 0.00000218. The molecule has 0 heterocycles. The van der Waals surface area contributed by atoms with E-state index < -0.39 is 12.8 Å². The van der Waals surface area contributed by atoms with Crippen LogP contribution in [-0.4, -0.2) is 38.3 Å². The summed E-state index contributed by atoms with van der Waals surface area (Å²) in [5.74, 6) is 2.01. The molecular formula is C24H32ClFO4. The maximum atomic E-state index is 12.7. The first kappa shape index (κ1) is 25.8. The number of benzene rings is 2. The van der Waals surface area contributed by atoms with Crippen LogP contribution >= 0.6 is 11.6 Å². The van der Waals surface area contributed by atoms with Gasteiger partial charge in [0.15, 0.2) is 6.10 Å². The van der Waals surface area contributed by atoms with Crippen molar-refractivity contribution in [2.24, 2.45) is 0 Å². The average molecular weight is 439 g/mol. The summed E-state index contributed by atoms with van der Waals surface area (Å²) in [6, 6.07) is 15.7. The second kappa shape index (κ2) is 13.9.